The first-order valence-corrected chi connectivity index (χ1v) is 5.01. The first-order chi connectivity index (χ1) is 7.92. The summed E-state index contributed by atoms with van der Waals surface area (Å²) in [6.07, 6.45) is 1.66. The van der Waals surface area contributed by atoms with Gasteiger partial charge in [-0.25, -0.2) is 4.68 Å². The number of nitrogens with zero attached hydrogens (tertiary/aromatic N) is 3. The Balaban J connectivity index is 2.31. The van der Waals surface area contributed by atoms with E-state index in [1.807, 2.05) is 37.4 Å². The summed E-state index contributed by atoms with van der Waals surface area (Å²) in [5.41, 5.74) is 1.76. The minimum atomic E-state index is 0.653. The fourth-order valence-electron chi connectivity index (χ4n) is 1.30. The summed E-state index contributed by atoms with van der Waals surface area (Å²) in [4.78, 5) is 0. The Morgan fingerprint density at radius 3 is 2.88 bits per heavy atom. The van der Waals surface area contributed by atoms with Crippen molar-refractivity contribution in [2.45, 2.75) is 0 Å². The molecule has 80 valence electrons. The van der Waals surface area contributed by atoms with Crippen LogP contribution in [-0.2, 0) is 0 Å². The van der Waals surface area contributed by atoms with Crippen LogP contribution >= 0.6 is 0 Å². The zero-order valence-corrected chi connectivity index (χ0v) is 9.01. The molecule has 0 spiro atoms. The Morgan fingerprint density at radius 1 is 1.31 bits per heavy atom. The van der Waals surface area contributed by atoms with Crippen LogP contribution in [0, 0.1) is 11.8 Å². The van der Waals surface area contributed by atoms with E-state index in [1.165, 1.54) is 0 Å². The number of hydrogen-bond acceptors (Lipinski definition) is 3. The number of nitrogens with one attached hydrogen (secondary N) is 1. The molecule has 0 unspecified atom stereocenters. The van der Waals surface area contributed by atoms with Crippen molar-refractivity contribution < 1.29 is 0 Å². The largest absolute Gasteiger partial charge is 0.309 e. The fourth-order valence-corrected chi connectivity index (χ4v) is 1.30. The van der Waals surface area contributed by atoms with Crippen LogP contribution < -0.4 is 5.32 Å². The highest BCUT2D eigenvalue weighted by atomic mass is 15.4. The van der Waals surface area contributed by atoms with Gasteiger partial charge in [0.15, 0.2) is 0 Å². The summed E-state index contributed by atoms with van der Waals surface area (Å²) in [7, 11) is 1.86. The molecule has 16 heavy (non-hydrogen) atoms. The van der Waals surface area contributed by atoms with Crippen molar-refractivity contribution >= 4 is 0 Å². The highest BCUT2D eigenvalue weighted by Gasteiger charge is 2.01. The van der Waals surface area contributed by atoms with Crippen molar-refractivity contribution in [2.75, 3.05) is 13.6 Å². The molecule has 0 aliphatic heterocycles. The third-order valence-electron chi connectivity index (χ3n) is 2.03. The van der Waals surface area contributed by atoms with Crippen LogP contribution in [-0.4, -0.2) is 28.6 Å². The van der Waals surface area contributed by atoms with Gasteiger partial charge in [-0.3, -0.25) is 0 Å². The van der Waals surface area contributed by atoms with E-state index in [1.54, 1.807) is 10.9 Å². The number of hydrogen-bond donors (Lipinski definition) is 1. The molecule has 1 aromatic carbocycles. The summed E-state index contributed by atoms with van der Waals surface area (Å²) in [6.45, 7) is 0.653. The molecular weight excluding hydrogens is 200 g/mol. The molecule has 0 atom stereocenters. The molecule has 0 amide bonds. The molecule has 2 aromatic rings. The predicted octanol–water partition coefficient (Wildman–Crippen LogP) is 0.838. The second-order valence-corrected chi connectivity index (χ2v) is 3.20. The van der Waals surface area contributed by atoms with Gasteiger partial charge < -0.3 is 5.32 Å². The van der Waals surface area contributed by atoms with Crippen molar-refractivity contribution in [2.24, 2.45) is 0 Å². The van der Waals surface area contributed by atoms with Gasteiger partial charge in [-0.2, -0.15) is 0 Å². The van der Waals surface area contributed by atoms with Crippen LogP contribution in [0.25, 0.3) is 5.69 Å². The van der Waals surface area contributed by atoms with Gasteiger partial charge in [0.25, 0.3) is 0 Å². The molecule has 0 radical (unpaired) electrons. The number of rotatable bonds is 2. The second kappa shape index (κ2) is 5.10. The SMILES string of the molecule is CNCC#Cc1cnnn1-c1ccccc1. The molecule has 4 heteroatoms. The minimum absolute atomic E-state index is 0.653. The van der Waals surface area contributed by atoms with E-state index in [2.05, 4.69) is 27.5 Å². The Morgan fingerprint density at radius 2 is 2.12 bits per heavy atom. The molecule has 0 aliphatic rings. The summed E-state index contributed by atoms with van der Waals surface area (Å²) >= 11 is 0. The van der Waals surface area contributed by atoms with Gasteiger partial charge in [0, 0.05) is 0 Å². The third kappa shape index (κ3) is 2.27. The molecule has 2 rings (SSSR count). The van der Waals surface area contributed by atoms with Gasteiger partial charge >= 0.3 is 0 Å². The first kappa shape index (κ1) is 10.4. The molecule has 0 saturated heterocycles. The highest BCUT2D eigenvalue weighted by molar-refractivity contribution is 5.37. The lowest BCUT2D eigenvalue weighted by Gasteiger charge is -2.00. The van der Waals surface area contributed by atoms with Crippen LogP contribution in [0.2, 0.25) is 0 Å². The van der Waals surface area contributed by atoms with E-state index in [-0.39, 0.29) is 0 Å². The molecule has 0 fully saturated rings. The molecule has 1 aromatic heterocycles. The Kier molecular flexibility index (Phi) is 3.31. The molecule has 4 nitrogen and oxygen atoms in total. The Labute approximate surface area is 94.3 Å². The van der Waals surface area contributed by atoms with Crippen LogP contribution in [0.5, 0.6) is 0 Å². The van der Waals surface area contributed by atoms with E-state index in [4.69, 9.17) is 0 Å². The fraction of sp³-hybridized carbons (Fsp3) is 0.167. The quantitative estimate of drug-likeness (QED) is 0.750. The monoisotopic (exact) mass is 212 g/mol. The third-order valence-corrected chi connectivity index (χ3v) is 2.03. The average Bonchev–Trinajstić information content (AvgIpc) is 2.79. The van der Waals surface area contributed by atoms with Crippen LogP contribution in [0.15, 0.2) is 36.5 Å². The van der Waals surface area contributed by atoms with E-state index < -0.39 is 0 Å². The Hall–Kier alpha value is -2.12. The normalized spacial score (nSPS) is 9.56. The molecule has 0 aliphatic carbocycles. The van der Waals surface area contributed by atoms with Gasteiger partial charge in [-0.1, -0.05) is 29.3 Å². The number of para-hydroxylation sites is 1. The van der Waals surface area contributed by atoms with Crippen LogP contribution in [0.3, 0.4) is 0 Å². The summed E-state index contributed by atoms with van der Waals surface area (Å²) in [5, 5.41) is 10.8. The van der Waals surface area contributed by atoms with Gasteiger partial charge in [0.1, 0.15) is 5.69 Å². The lowest BCUT2D eigenvalue weighted by Crippen LogP contribution is -2.05. The van der Waals surface area contributed by atoms with Gasteiger partial charge in [-0.15, -0.1) is 5.10 Å². The molecule has 0 saturated carbocycles. The zero-order chi connectivity index (χ0) is 11.2. The topological polar surface area (TPSA) is 42.7 Å². The predicted molar refractivity (Wildman–Crippen MR) is 62.2 cm³/mol. The number of aromatic nitrogens is 3. The maximum atomic E-state index is 4.01. The van der Waals surface area contributed by atoms with Crippen molar-refractivity contribution in [1.29, 1.82) is 0 Å². The smallest absolute Gasteiger partial charge is 0.137 e. The molecule has 1 N–H and O–H groups in total. The van der Waals surface area contributed by atoms with Gasteiger partial charge in [-0.05, 0) is 25.1 Å². The van der Waals surface area contributed by atoms with E-state index in [0.29, 0.717) is 6.54 Å². The molecular formula is C12H12N4. The first-order valence-electron chi connectivity index (χ1n) is 5.01. The Bertz CT molecular complexity index is 505. The maximum absolute atomic E-state index is 4.01. The average molecular weight is 212 g/mol. The van der Waals surface area contributed by atoms with E-state index >= 15 is 0 Å². The van der Waals surface area contributed by atoms with E-state index in [0.717, 1.165) is 11.4 Å². The van der Waals surface area contributed by atoms with Crippen LogP contribution in [0.1, 0.15) is 5.69 Å². The van der Waals surface area contributed by atoms with Gasteiger partial charge in [0.05, 0.1) is 18.4 Å². The van der Waals surface area contributed by atoms with Crippen molar-refractivity contribution in [3.8, 4) is 17.5 Å². The summed E-state index contributed by atoms with van der Waals surface area (Å²) in [5.74, 6) is 6.00. The van der Waals surface area contributed by atoms with Gasteiger partial charge in [0.2, 0.25) is 0 Å². The zero-order valence-electron chi connectivity index (χ0n) is 9.01. The van der Waals surface area contributed by atoms with Crippen molar-refractivity contribution in [1.82, 2.24) is 20.3 Å². The molecule has 0 bridgehead atoms. The second-order valence-electron chi connectivity index (χ2n) is 3.20. The number of benzene rings is 1. The van der Waals surface area contributed by atoms with E-state index in [9.17, 15) is 0 Å². The summed E-state index contributed by atoms with van der Waals surface area (Å²) in [6, 6.07) is 9.83. The van der Waals surface area contributed by atoms with Crippen LogP contribution in [0.4, 0.5) is 0 Å². The van der Waals surface area contributed by atoms with Crippen molar-refractivity contribution in [3.05, 3.63) is 42.2 Å². The lowest BCUT2D eigenvalue weighted by atomic mass is 10.3. The van der Waals surface area contributed by atoms with Crippen molar-refractivity contribution in [3.63, 3.8) is 0 Å². The standard InChI is InChI=1S/C12H12N4/c1-13-9-5-8-12-10-14-15-16(12)11-6-3-2-4-7-11/h2-4,6-7,10,13H,9H2,1H3. The lowest BCUT2D eigenvalue weighted by molar-refractivity contribution is 0.797. The molecule has 1 heterocycles. The minimum Gasteiger partial charge on any atom is -0.309 e. The maximum Gasteiger partial charge on any atom is 0.137 e. The highest BCUT2D eigenvalue weighted by Crippen LogP contribution is 2.07. The summed E-state index contributed by atoms with van der Waals surface area (Å²) < 4.78 is 1.72.